The van der Waals surface area contributed by atoms with E-state index in [1.165, 1.54) is 0 Å². The maximum atomic E-state index is 12.0. The smallest absolute Gasteiger partial charge is 0.387 e. The quantitative estimate of drug-likeness (QED) is 0.634. The van der Waals surface area contributed by atoms with Gasteiger partial charge in [0, 0.05) is 10.0 Å². The first-order valence-electron chi connectivity index (χ1n) is 4.31. The number of hydrogen-bond acceptors (Lipinski definition) is 4. The van der Waals surface area contributed by atoms with Crippen LogP contribution in [0.3, 0.4) is 0 Å². The molecular weight excluding hydrogens is 302 g/mol. The Morgan fingerprint density at radius 2 is 2.12 bits per heavy atom. The highest BCUT2D eigenvalue weighted by Crippen LogP contribution is 2.28. The van der Waals surface area contributed by atoms with Gasteiger partial charge in [-0.2, -0.15) is 8.78 Å². The second-order valence-corrected chi connectivity index (χ2v) is 3.65. The molecule has 0 saturated heterocycles. The lowest BCUT2D eigenvalue weighted by Gasteiger charge is -2.09. The lowest BCUT2D eigenvalue weighted by molar-refractivity contribution is -0.0499. The molecule has 1 aromatic rings. The Hall–Kier alpha value is -1.50. The molecule has 4 nitrogen and oxygen atoms in total. The molecule has 0 amide bonds. The maximum absolute atomic E-state index is 12.0. The molecule has 0 aliphatic heterocycles. The first kappa shape index (κ1) is 13.6. The van der Waals surface area contributed by atoms with E-state index in [-0.39, 0.29) is 21.3 Å². The van der Waals surface area contributed by atoms with Crippen molar-refractivity contribution in [2.24, 2.45) is 0 Å². The minimum Gasteiger partial charge on any atom is -0.465 e. The van der Waals surface area contributed by atoms with Crippen LogP contribution < -0.4 is 4.74 Å². The number of aldehydes is 1. The summed E-state index contributed by atoms with van der Waals surface area (Å²) in [5.74, 6) is -1.05. The van der Waals surface area contributed by atoms with Crippen LogP contribution in [0.4, 0.5) is 8.78 Å². The van der Waals surface area contributed by atoms with E-state index in [4.69, 9.17) is 0 Å². The van der Waals surface area contributed by atoms with Crippen molar-refractivity contribution >= 4 is 28.2 Å². The zero-order valence-corrected chi connectivity index (χ0v) is 10.2. The third-order valence-corrected chi connectivity index (χ3v) is 2.72. The maximum Gasteiger partial charge on any atom is 0.387 e. The summed E-state index contributed by atoms with van der Waals surface area (Å²) in [4.78, 5) is 22.0. The normalized spacial score (nSPS) is 10.2. The van der Waals surface area contributed by atoms with Crippen LogP contribution in [0.1, 0.15) is 20.7 Å². The summed E-state index contributed by atoms with van der Waals surface area (Å²) in [6.45, 7) is -3.04. The molecule has 0 N–H and O–H groups in total. The highest BCUT2D eigenvalue weighted by molar-refractivity contribution is 9.10. The molecule has 0 radical (unpaired) electrons. The van der Waals surface area contributed by atoms with Crippen LogP contribution in [0.5, 0.6) is 5.75 Å². The first-order valence-corrected chi connectivity index (χ1v) is 5.10. The van der Waals surface area contributed by atoms with Crippen molar-refractivity contribution in [1.82, 2.24) is 0 Å². The molecular formula is C10H7BrF2O4. The van der Waals surface area contributed by atoms with E-state index >= 15 is 0 Å². The number of hydrogen-bond donors (Lipinski definition) is 0. The van der Waals surface area contributed by atoms with Gasteiger partial charge in [-0.1, -0.05) is 0 Å². The van der Waals surface area contributed by atoms with Crippen molar-refractivity contribution in [3.8, 4) is 5.75 Å². The standard InChI is InChI=1S/C10H7BrF2O4/c1-16-9(15)7-3-6(17-10(12)13)2-5(4-14)8(7)11/h2-4,10H,1H3. The van der Waals surface area contributed by atoms with Crippen LogP contribution in [0.2, 0.25) is 0 Å². The number of carbonyl (C=O) groups excluding carboxylic acids is 2. The molecule has 0 bridgehead atoms. The number of carbonyl (C=O) groups is 2. The van der Waals surface area contributed by atoms with Crippen LogP contribution in [0, 0.1) is 0 Å². The fourth-order valence-corrected chi connectivity index (χ4v) is 1.62. The van der Waals surface area contributed by atoms with Gasteiger partial charge in [-0.3, -0.25) is 4.79 Å². The average Bonchev–Trinajstić information content (AvgIpc) is 2.29. The average molecular weight is 309 g/mol. The zero-order chi connectivity index (χ0) is 13.0. The van der Waals surface area contributed by atoms with Gasteiger partial charge in [-0.05, 0) is 28.1 Å². The number of methoxy groups -OCH3 is 1. The largest absolute Gasteiger partial charge is 0.465 e. The van der Waals surface area contributed by atoms with E-state index < -0.39 is 12.6 Å². The Morgan fingerprint density at radius 1 is 1.47 bits per heavy atom. The second-order valence-electron chi connectivity index (χ2n) is 2.86. The molecule has 0 spiro atoms. The summed E-state index contributed by atoms with van der Waals surface area (Å²) < 4.78 is 32.8. The summed E-state index contributed by atoms with van der Waals surface area (Å²) in [6.07, 6.45) is 0.412. The van der Waals surface area contributed by atoms with Gasteiger partial charge in [0.1, 0.15) is 5.75 Å². The van der Waals surface area contributed by atoms with Crippen LogP contribution in [-0.2, 0) is 4.74 Å². The predicted octanol–water partition coefficient (Wildman–Crippen LogP) is 2.65. The van der Waals surface area contributed by atoms with Gasteiger partial charge in [0.25, 0.3) is 0 Å². The lowest BCUT2D eigenvalue weighted by atomic mass is 10.1. The molecule has 1 rings (SSSR count). The molecule has 17 heavy (non-hydrogen) atoms. The highest BCUT2D eigenvalue weighted by Gasteiger charge is 2.17. The van der Waals surface area contributed by atoms with Gasteiger partial charge in [0.2, 0.25) is 0 Å². The molecule has 1 aromatic carbocycles. The van der Waals surface area contributed by atoms with Crippen molar-refractivity contribution in [3.63, 3.8) is 0 Å². The summed E-state index contributed by atoms with van der Waals surface area (Å²) in [6, 6.07) is 2.16. The third kappa shape index (κ3) is 3.23. The van der Waals surface area contributed by atoms with E-state index in [0.717, 1.165) is 19.2 Å². The predicted molar refractivity (Wildman–Crippen MR) is 57.5 cm³/mol. The van der Waals surface area contributed by atoms with Crippen LogP contribution in [0.25, 0.3) is 0 Å². The monoisotopic (exact) mass is 308 g/mol. The molecule has 0 atom stereocenters. The van der Waals surface area contributed by atoms with Crippen LogP contribution >= 0.6 is 15.9 Å². The molecule has 0 heterocycles. The van der Waals surface area contributed by atoms with Crippen molar-refractivity contribution in [3.05, 3.63) is 27.7 Å². The van der Waals surface area contributed by atoms with E-state index in [1.807, 2.05) is 0 Å². The minimum absolute atomic E-state index is 0.0172. The topological polar surface area (TPSA) is 52.6 Å². The summed E-state index contributed by atoms with van der Waals surface area (Å²) in [7, 11) is 1.13. The highest BCUT2D eigenvalue weighted by atomic mass is 79.9. The second kappa shape index (κ2) is 5.72. The molecule has 7 heteroatoms. The number of rotatable bonds is 4. The van der Waals surface area contributed by atoms with Crippen molar-refractivity contribution in [2.45, 2.75) is 6.61 Å². The Kier molecular flexibility index (Phi) is 4.56. The molecule has 0 unspecified atom stereocenters. The Labute approximate surface area is 104 Å². The van der Waals surface area contributed by atoms with Crippen LogP contribution in [0.15, 0.2) is 16.6 Å². The number of alkyl halides is 2. The lowest BCUT2D eigenvalue weighted by Crippen LogP contribution is -2.07. The number of halogens is 3. The molecule has 0 aliphatic rings. The SMILES string of the molecule is COC(=O)c1cc(OC(F)F)cc(C=O)c1Br. The molecule has 0 aliphatic carbocycles. The van der Waals surface area contributed by atoms with Gasteiger partial charge in [-0.15, -0.1) is 0 Å². The van der Waals surface area contributed by atoms with Gasteiger partial charge >= 0.3 is 12.6 Å². The van der Waals surface area contributed by atoms with Gasteiger partial charge in [0.15, 0.2) is 6.29 Å². The van der Waals surface area contributed by atoms with Crippen LogP contribution in [-0.4, -0.2) is 26.0 Å². The Balaban J connectivity index is 3.28. The van der Waals surface area contributed by atoms with E-state index in [2.05, 4.69) is 25.4 Å². The van der Waals surface area contributed by atoms with E-state index in [0.29, 0.717) is 6.29 Å². The summed E-state index contributed by atoms with van der Waals surface area (Å²) >= 11 is 3.01. The number of ether oxygens (including phenoxy) is 2. The fraction of sp³-hybridized carbons (Fsp3) is 0.200. The molecule has 0 fully saturated rings. The van der Waals surface area contributed by atoms with Crippen molar-refractivity contribution in [2.75, 3.05) is 7.11 Å². The van der Waals surface area contributed by atoms with Gasteiger partial charge in [-0.25, -0.2) is 4.79 Å². The van der Waals surface area contributed by atoms with Gasteiger partial charge in [0.05, 0.1) is 12.7 Å². The zero-order valence-electron chi connectivity index (χ0n) is 8.58. The molecule has 0 aromatic heterocycles. The van der Waals surface area contributed by atoms with Crippen molar-refractivity contribution < 1.29 is 27.8 Å². The third-order valence-electron chi connectivity index (χ3n) is 1.83. The first-order chi connectivity index (χ1) is 7.99. The molecule has 92 valence electrons. The summed E-state index contributed by atoms with van der Waals surface area (Å²) in [5, 5.41) is 0. The van der Waals surface area contributed by atoms with Gasteiger partial charge < -0.3 is 9.47 Å². The molecule has 0 saturated carbocycles. The number of benzene rings is 1. The Morgan fingerprint density at radius 3 is 2.59 bits per heavy atom. The minimum atomic E-state index is -3.04. The number of esters is 1. The van der Waals surface area contributed by atoms with Crippen molar-refractivity contribution in [1.29, 1.82) is 0 Å². The Bertz CT molecular complexity index is 448. The fourth-order valence-electron chi connectivity index (χ4n) is 1.13. The van der Waals surface area contributed by atoms with E-state index in [9.17, 15) is 18.4 Å². The summed E-state index contributed by atoms with van der Waals surface area (Å²) in [5.41, 5.74) is -0.0451. The van der Waals surface area contributed by atoms with E-state index in [1.54, 1.807) is 0 Å².